The largest absolute Gasteiger partial charge is 0.393 e. The topological polar surface area (TPSA) is 105 Å². The lowest BCUT2D eigenvalue weighted by Crippen LogP contribution is -2.57. The van der Waals surface area contributed by atoms with E-state index in [9.17, 15) is 13.5 Å². The van der Waals surface area contributed by atoms with Gasteiger partial charge >= 0.3 is 0 Å². The van der Waals surface area contributed by atoms with Gasteiger partial charge in [-0.25, -0.2) is 13.1 Å². The first-order valence-corrected chi connectivity index (χ1v) is 10.8. The molecule has 0 saturated heterocycles. The number of hydrogen-bond donors (Lipinski definition) is 3. The highest BCUT2D eigenvalue weighted by molar-refractivity contribution is 7.89. The van der Waals surface area contributed by atoms with Crippen LogP contribution >= 0.6 is 0 Å². The first-order valence-electron chi connectivity index (χ1n) is 9.35. The second-order valence-electron chi connectivity index (χ2n) is 8.18. The van der Waals surface area contributed by atoms with Crippen molar-refractivity contribution in [2.75, 3.05) is 0 Å². The zero-order valence-electron chi connectivity index (χ0n) is 16.3. The van der Waals surface area contributed by atoms with Crippen molar-refractivity contribution >= 4 is 15.9 Å². The van der Waals surface area contributed by atoms with Crippen LogP contribution in [0.15, 0.2) is 40.2 Å². The van der Waals surface area contributed by atoms with E-state index in [1.165, 1.54) is 0 Å². The molecule has 1 heterocycles. The standard InChI is InChI=1S/C21H25N3O3S/c1-12-8-16(28(26,27)24-21(3)9-15(25)10-21)5-7-17(12)18-6-4-14-11-23-20(22)19(14)13(18)2/h4-8,15,24-25H,9-11H2,1-3H3,(H2,22,23). The van der Waals surface area contributed by atoms with E-state index in [0.717, 1.165) is 33.4 Å². The Hall–Kier alpha value is -2.22. The summed E-state index contributed by atoms with van der Waals surface area (Å²) in [5.74, 6) is 0.561. The summed E-state index contributed by atoms with van der Waals surface area (Å²) in [6.45, 7) is 6.36. The Morgan fingerprint density at radius 2 is 1.86 bits per heavy atom. The van der Waals surface area contributed by atoms with Crippen LogP contribution in [0, 0.1) is 13.8 Å². The molecule has 6 nitrogen and oxygen atoms in total. The van der Waals surface area contributed by atoms with Gasteiger partial charge in [-0.2, -0.15) is 0 Å². The summed E-state index contributed by atoms with van der Waals surface area (Å²) in [5, 5.41) is 9.52. The number of sulfonamides is 1. The number of benzene rings is 2. The molecule has 4 N–H and O–H groups in total. The highest BCUT2D eigenvalue weighted by atomic mass is 32.2. The van der Waals surface area contributed by atoms with E-state index < -0.39 is 21.7 Å². The Morgan fingerprint density at radius 3 is 2.50 bits per heavy atom. The van der Waals surface area contributed by atoms with Crippen LogP contribution in [0.4, 0.5) is 0 Å². The molecule has 0 spiro atoms. The minimum atomic E-state index is -3.65. The number of nitrogens with one attached hydrogen (secondary N) is 1. The van der Waals surface area contributed by atoms with Crippen molar-refractivity contribution in [1.82, 2.24) is 4.72 Å². The Morgan fingerprint density at radius 1 is 1.18 bits per heavy atom. The summed E-state index contributed by atoms with van der Waals surface area (Å²) in [7, 11) is -3.65. The average molecular weight is 400 g/mol. The zero-order valence-corrected chi connectivity index (χ0v) is 17.1. The normalized spacial score (nSPS) is 23.9. The van der Waals surface area contributed by atoms with Crippen LogP contribution in [-0.2, 0) is 16.6 Å². The summed E-state index contributed by atoms with van der Waals surface area (Å²) in [5.41, 5.74) is 11.5. The SMILES string of the molecule is Cc1cc(S(=O)(=O)NC2(C)CC(O)C2)ccc1-c1ccc2c(c1C)C(N)=NC2. The first kappa shape index (κ1) is 19.1. The van der Waals surface area contributed by atoms with Gasteiger partial charge in [0.2, 0.25) is 10.0 Å². The average Bonchev–Trinajstić information content (AvgIpc) is 2.96. The van der Waals surface area contributed by atoms with Crippen LogP contribution in [0.1, 0.15) is 42.0 Å². The van der Waals surface area contributed by atoms with E-state index >= 15 is 0 Å². The molecule has 2 aromatic carbocycles. The van der Waals surface area contributed by atoms with Crippen LogP contribution in [0.25, 0.3) is 11.1 Å². The van der Waals surface area contributed by atoms with Gasteiger partial charge in [0.25, 0.3) is 0 Å². The molecule has 1 saturated carbocycles. The fourth-order valence-corrected chi connectivity index (χ4v) is 5.86. The van der Waals surface area contributed by atoms with Gasteiger partial charge in [0, 0.05) is 11.1 Å². The van der Waals surface area contributed by atoms with E-state index in [0.29, 0.717) is 25.2 Å². The quantitative estimate of drug-likeness (QED) is 0.734. The van der Waals surface area contributed by atoms with E-state index in [4.69, 9.17) is 5.73 Å². The number of fused-ring (bicyclic) bond motifs is 1. The maximum absolute atomic E-state index is 12.8. The van der Waals surface area contributed by atoms with Crippen LogP contribution < -0.4 is 10.5 Å². The minimum Gasteiger partial charge on any atom is -0.393 e. The van der Waals surface area contributed by atoms with E-state index in [1.54, 1.807) is 12.1 Å². The smallest absolute Gasteiger partial charge is 0.241 e. The van der Waals surface area contributed by atoms with Crippen LogP contribution in [0.2, 0.25) is 0 Å². The predicted octanol–water partition coefficient (Wildman–Crippen LogP) is 2.38. The Balaban J connectivity index is 1.68. The highest BCUT2D eigenvalue weighted by Crippen LogP contribution is 2.35. The second kappa shape index (κ2) is 6.40. The minimum absolute atomic E-state index is 0.233. The molecule has 1 aliphatic heterocycles. The number of amidine groups is 1. The summed E-state index contributed by atoms with van der Waals surface area (Å²) in [4.78, 5) is 4.54. The molecule has 4 rings (SSSR count). The number of aliphatic hydroxyl groups is 1. The molecule has 0 aromatic heterocycles. The maximum Gasteiger partial charge on any atom is 0.241 e. The summed E-state index contributed by atoms with van der Waals surface area (Å²) >= 11 is 0. The number of rotatable bonds is 4. The number of aliphatic imine (C=N–C) groups is 1. The van der Waals surface area contributed by atoms with Crippen LogP contribution in [0.5, 0.6) is 0 Å². The third-order valence-corrected chi connectivity index (χ3v) is 7.41. The molecular weight excluding hydrogens is 374 g/mol. The fraction of sp³-hybridized carbons (Fsp3) is 0.381. The van der Waals surface area contributed by atoms with Crippen molar-refractivity contribution in [3.63, 3.8) is 0 Å². The van der Waals surface area contributed by atoms with Gasteiger partial charge in [-0.15, -0.1) is 0 Å². The molecule has 0 atom stereocenters. The molecule has 28 heavy (non-hydrogen) atoms. The molecule has 2 aromatic rings. The Bertz CT molecular complexity index is 1100. The molecule has 1 aliphatic carbocycles. The lowest BCUT2D eigenvalue weighted by atomic mass is 9.77. The van der Waals surface area contributed by atoms with Gasteiger partial charge in [0.1, 0.15) is 5.84 Å². The van der Waals surface area contributed by atoms with Crippen molar-refractivity contribution in [2.24, 2.45) is 10.7 Å². The molecule has 0 radical (unpaired) electrons. The van der Waals surface area contributed by atoms with Crippen LogP contribution in [0.3, 0.4) is 0 Å². The van der Waals surface area contributed by atoms with Crippen LogP contribution in [-0.4, -0.2) is 31.0 Å². The van der Waals surface area contributed by atoms with E-state index in [-0.39, 0.29) is 4.90 Å². The van der Waals surface area contributed by atoms with Crippen molar-refractivity contribution in [1.29, 1.82) is 0 Å². The predicted molar refractivity (Wildman–Crippen MR) is 110 cm³/mol. The monoisotopic (exact) mass is 399 g/mol. The number of nitrogens with zero attached hydrogens (tertiary/aromatic N) is 1. The van der Waals surface area contributed by atoms with Gasteiger partial charge in [0.15, 0.2) is 0 Å². The zero-order chi connectivity index (χ0) is 20.3. The summed E-state index contributed by atoms with van der Waals surface area (Å²) in [6, 6.07) is 9.26. The maximum atomic E-state index is 12.8. The molecule has 0 unspecified atom stereocenters. The lowest BCUT2D eigenvalue weighted by molar-refractivity contribution is 0.0238. The van der Waals surface area contributed by atoms with Gasteiger partial charge in [-0.05, 0) is 73.6 Å². The summed E-state index contributed by atoms with van der Waals surface area (Å²) in [6.07, 6.45) is 0.428. The molecule has 0 amide bonds. The molecule has 0 bridgehead atoms. The van der Waals surface area contributed by atoms with Crippen molar-refractivity contribution in [2.45, 2.75) is 56.7 Å². The number of aliphatic hydroxyl groups excluding tert-OH is 1. The highest BCUT2D eigenvalue weighted by Gasteiger charge is 2.42. The van der Waals surface area contributed by atoms with Crippen molar-refractivity contribution in [3.8, 4) is 11.1 Å². The number of nitrogens with two attached hydrogens (primary N) is 1. The third kappa shape index (κ3) is 3.13. The van der Waals surface area contributed by atoms with E-state index in [2.05, 4.69) is 9.71 Å². The van der Waals surface area contributed by atoms with E-state index in [1.807, 2.05) is 39.0 Å². The van der Waals surface area contributed by atoms with Gasteiger partial charge < -0.3 is 10.8 Å². The second-order valence-corrected chi connectivity index (χ2v) is 9.86. The lowest BCUT2D eigenvalue weighted by Gasteiger charge is -2.42. The van der Waals surface area contributed by atoms with Gasteiger partial charge in [0.05, 0.1) is 17.5 Å². The molecule has 7 heteroatoms. The number of hydrogen-bond acceptors (Lipinski definition) is 5. The molecular formula is C21H25N3O3S. The first-order chi connectivity index (χ1) is 13.1. The Kier molecular flexibility index (Phi) is 4.37. The fourth-order valence-electron chi connectivity index (χ4n) is 4.35. The van der Waals surface area contributed by atoms with Crippen molar-refractivity contribution < 1.29 is 13.5 Å². The van der Waals surface area contributed by atoms with Gasteiger partial charge in [-0.1, -0.05) is 18.2 Å². The third-order valence-electron chi connectivity index (χ3n) is 5.78. The molecule has 1 fully saturated rings. The molecule has 2 aliphatic rings. The Labute approximate surface area is 165 Å². The van der Waals surface area contributed by atoms with Gasteiger partial charge in [-0.3, -0.25) is 4.99 Å². The van der Waals surface area contributed by atoms with Crippen molar-refractivity contribution in [3.05, 3.63) is 52.6 Å². The molecule has 148 valence electrons. The summed E-state index contributed by atoms with van der Waals surface area (Å²) < 4.78 is 28.3. The number of aryl methyl sites for hydroxylation is 1.